The van der Waals surface area contributed by atoms with Gasteiger partial charge in [0.25, 0.3) is 0 Å². The van der Waals surface area contributed by atoms with Crippen LogP contribution >= 0.6 is 11.6 Å². The van der Waals surface area contributed by atoms with Crippen molar-refractivity contribution in [2.24, 2.45) is 7.05 Å². The Kier molecular flexibility index (Phi) is 5.85. The second-order valence-corrected chi connectivity index (χ2v) is 6.95. The summed E-state index contributed by atoms with van der Waals surface area (Å²) in [5.74, 6) is -0.281. The quantitative estimate of drug-likeness (QED) is 0.835. The molecule has 3 amide bonds. The molecule has 0 radical (unpaired) electrons. The number of nitrogens with zero attached hydrogens (tertiary/aromatic N) is 4. The van der Waals surface area contributed by atoms with Crippen LogP contribution in [0.3, 0.4) is 0 Å². The molecular formula is C18H23ClN6O2. The van der Waals surface area contributed by atoms with E-state index in [0.29, 0.717) is 23.8 Å². The van der Waals surface area contributed by atoms with Crippen LogP contribution in [0.4, 0.5) is 16.2 Å². The molecule has 0 aliphatic carbocycles. The number of halogens is 1. The van der Waals surface area contributed by atoms with Crippen molar-refractivity contribution in [3.05, 3.63) is 41.7 Å². The van der Waals surface area contributed by atoms with Gasteiger partial charge < -0.3 is 20.4 Å². The Bertz CT molecular complexity index is 798. The predicted octanol–water partition coefficient (Wildman–Crippen LogP) is 1.93. The van der Waals surface area contributed by atoms with Crippen molar-refractivity contribution in [2.45, 2.75) is 13.0 Å². The average Bonchev–Trinajstić information content (AvgIpc) is 3.07. The molecular weight excluding hydrogens is 368 g/mol. The predicted molar refractivity (Wildman–Crippen MR) is 105 cm³/mol. The summed E-state index contributed by atoms with van der Waals surface area (Å²) in [7, 11) is 1.77. The van der Waals surface area contributed by atoms with E-state index in [-0.39, 0.29) is 11.9 Å². The number of nitrogens with one attached hydrogen (secondary N) is 2. The molecule has 27 heavy (non-hydrogen) atoms. The van der Waals surface area contributed by atoms with Crippen molar-refractivity contribution in [2.75, 3.05) is 36.4 Å². The van der Waals surface area contributed by atoms with Gasteiger partial charge in [-0.3, -0.25) is 9.48 Å². The van der Waals surface area contributed by atoms with Gasteiger partial charge in [-0.05, 0) is 31.2 Å². The Balaban J connectivity index is 1.47. The summed E-state index contributed by atoms with van der Waals surface area (Å²) in [6, 6.07) is 6.79. The van der Waals surface area contributed by atoms with E-state index in [0.717, 1.165) is 18.8 Å². The molecule has 2 N–H and O–H groups in total. The lowest BCUT2D eigenvalue weighted by Gasteiger charge is -2.36. The lowest BCUT2D eigenvalue weighted by Crippen LogP contribution is -2.54. The fourth-order valence-electron chi connectivity index (χ4n) is 2.90. The molecule has 0 unspecified atom stereocenters. The number of carbonyl (C=O) groups is 2. The highest BCUT2D eigenvalue weighted by Gasteiger charge is 2.24. The monoisotopic (exact) mass is 390 g/mol. The van der Waals surface area contributed by atoms with Gasteiger partial charge in [-0.15, -0.1) is 0 Å². The van der Waals surface area contributed by atoms with Gasteiger partial charge >= 0.3 is 6.03 Å². The summed E-state index contributed by atoms with van der Waals surface area (Å²) in [5, 5.41) is 10.2. The summed E-state index contributed by atoms with van der Waals surface area (Å²) in [6.07, 6.45) is 3.25. The SMILES string of the molecule is C[C@H](NC(=O)N1CCN(c2ccc(Cl)cc2)CC1)C(=O)Nc1cnn(C)c1. The van der Waals surface area contributed by atoms with Crippen LogP contribution in [0.25, 0.3) is 0 Å². The summed E-state index contributed by atoms with van der Waals surface area (Å²) in [5.41, 5.74) is 1.68. The summed E-state index contributed by atoms with van der Waals surface area (Å²) in [6.45, 7) is 4.29. The van der Waals surface area contributed by atoms with Crippen LogP contribution in [-0.2, 0) is 11.8 Å². The van der Waals surface area contributed by atoms with Crippen molar-refractivity contribution in [1.82, 2.24) is 20.0 Å². The Labute approximate surface area is 163 Å². The van der Waals surface area contributed by atoms with E-state index in [4.69, 9.17) is 11.6 Å². The third-order valence-electron chi connectivity index (χ3n) is 4.46. The lowest BCUT2D eigenvalue weighted by atomic mass is 10.2. The van der Waals surface area contributed by atoms with Crippen LogP contribution in [0.5, 0.6) is 0 Å². The number of aryl methyl sites for hydroxylation is 1. The zero-order valence-corrected chi connectivity index (χ0v) is 16.1. The molecule has 144 valence electrons. The highest BCUT2D eigenvalue weighted by atomic mass is 35.5. The number of aromatic nitrogens is 2. The molecule has 0 saturated carbocycles. The summed E-state index contributed by atoms with van der Waals surface area (Å²) < 4.78 is 1.60. The fourth-order valence-corrected chi connectivity index (χ4v) is 3.02. The van der Waals surface area contributed by atoms with E-state index < -0.39 is 6.04 Å². The minimum atomic E-state index is -0.646. The van der Waals surface area contributed by atoms with Crippen LogP contribution in [0.15, 0.2) is 36.7 Å². The van der Waals surface area contributed by atoms with Gasteiger partial charge in [-0.25, -0.2) is 4.79 Å². The molecule has 1 aromatic heterocycles. The number of amides is 3. The summed E-state index contributed by atoms with van der Waals surface area (Å²) >= 11 is 5.92. The van der Waals surface area contributed by atoms with Gasteiger partial charge in [0.15, 0.2) is 0 Å². The average molecular weight is 391 g/mol. The first-order valence-electron chi connectivity index (χ1n) is 8.78. The molecule has 0 spiro atoms. The lowest BCUT2D eigenvalue weighted by molar-refractivity contribution is -0.117. The Morgan fingerprint density at radius 3 is 2.41 bits per heavy atom. The number of anilines is 2. The van der Waals surface area contributed by atoms with Gasteiger partial charge in [0.1, 0.15) is 6.04 Å². The molecule has 3 rings (SSSR count). The smallest absolute Gasteiger partial charge is 0.318 e. The maximum absolute atomic E-state index is 12.4. The largest absolute Gasteiger partial charge is 0.368 e. The molecule has 8 nitrogen and oxygen atoms in total. The number of hydrogen-bond acceptors (Lipinski definition) is 4. The standard InChI is InChI=1S/C18H23ClN6O2/c1-13(17(26)22-15-11-20-23(2)12-15)21-18(27)25-9-7-24(8-10-25)16-5-3-14(19)4-6-16/h3-6,11-13H,7-10H2,1-2H3,(H,21,27)(H,22,26)/t13-/m0/s1. The number of benzene rings is 1. The molecule has 1 saturated heterocycles. The van der Waals surface area contributed by atoms with Crippen LogP contribution < -0.4 is 15.5 Å². The highest BCUT2D eigenvalue weighted by molar-refractivity contribution is 6.30. The third-order valence-corrected chi connectivity index (χ3v) is 4.72. The topological polar surface area (TPSA) is 82.5 Å². The highest BCUT2D eigenvalue weighted by Crippen LogP contribution is 2.19. The van der Waals surface area contributed by atoms with Gasteiger partial charge in [-0.1, -0.05) is 11.6 Å². The van der Waals surface area contributed by atoms with Crippen LogP contribution in [0.2, 0.25) is 5.02 Å². The van der Waals surface area contributed by atoms with E-state index in [9.17, 15) is 9.59 Å². The van der Waals surface area contributed by atoms with Crippen molar-refractivity contribution in [1.29, 1.82) is 0 Å². The number of hydrogen-bond donors (Lipinski definition) is 2. The second kappa shape index (κ2) is 8.30. The molecule has 1 atom stereocenters. The van der Waals surface area contributed by atoms with Crippen LogP contribution in [0.1, 0.15) is 6.92 Å². The molecule has 1 fully saturated rings. The molecule has 1 aromatic carbocycles. The van der Waals surface area contributed by atoms with Crippen LogP contribution in [-0.4, -0.2) is 58.8 Å². The maximum atomic E-state index is 12.4. The molecule has 2 aromatic rings. The molecule has 1 aliphatic rings. The minimum absolute atomic E-state index is 0.236. The first-order valence-corrected chi connectivity index (χ1v) is 9.15. The van der Waals surface area contributed by atoms with Crippen molar-refractivity contribution < 1.29 is 9.59 Å². The van der Waals surface area contributed by atoms with Crippen molar-refractivity contribution in [3.8, 4) is 0 Å². The van der Waals surface area contributed by atoms with Gasteiger partial charge in [0, 0.05) is 50.1 Å². The van der Waals surface area contributed by atoms with E-state index in [1.807, 2.05) is 24.3 Å². The van der Waals surface area contributed by atoms with Gasteiger partial charge in [0.2, 0.25) is 5.91 Å². The van der Waals surface area contributed by atoms with Crippen LogP contribution in [0, 0.1) is 0 Å². The van der Waals surface area contributed by atoms with Crippen molar-refractivity contribution in [3.63, 3.8) is 0 Å². The Morgan fingerprint density at radius 2 is 1.81 bits per heavy atom. The molecule has 1 aliphatic heterocycles. The number of carbonyl (C=O) groups excluding carboxylic acids is 2. The van der Waals surface area contributed by atoms with E-state index >= 15 is 0 Å². The first kappa shape index (κ1) is 19.0. The zero-order chi connectivity index (χ0) is 19.4. The first-order chi connectivity index (χ1) is 12.9. The third kappa shape index (κ3) is 4.91. The normalized spacial score (nSPS) is 15.4. The Morgan fingerprint density at radius 1 is 1.15 bits per heavy atom. The second-order valence-electron chi connectivity index (χ2n) is 6.51. The van der Waals surface area contributed by atoms with Gasteiger partial charge in [-0.2, -0.15) is 5.10 Å². The maximum Gasteiger partial charge on any atom is 0.318 e. The summed E-state index contributed by atoms with van der Waals surface area (Å²) in [4.78, 5) is 28.6. The molecule has 0 bridgehead atoms. The zero-order valence-electron chi connectivity index (χ0n) is 15.4. The van der Waals surface area contributed by atoms with E-state index in [1.54, 1.807) is 35.9 Å². The van der Waals surface area contributed by atoms with E-state index in [2.05, 4.69) is 20.6 Å². The number of rotatable bonds is 4. The van der Waals surface area contributed by atoms with Crippen molar-refractivity contribution >= 4 is 34.9 Å². The van der Waals surface area contributed by atoms with Gasteiger partial charge in [0.05, 0.1) is 11.9 Å². The van der Waals surface area contributed by atoms with E-state index in [1.165, 1.54) is 0 Å². The molecule has 2 heterocycles. The number of piperazine rings is 1. The Hall–Kier alpha value is -2.74. The number of urea groups is 1. The minimum Gasteiger partial charge on any atom is -0.368 e. The fraction of sp³-hybridized carbons (Fsp3) is 0.389. The molecule has 9 heteroatoms.